The van der Waals surface area contributed by atoms with E-state index in [0.29, 0.717) is 0 Å². The lowest BCUT2D eigenvalue weighted by Crippen LogP contribution is -2.03. The van der Waals surface area contributed by atoms with Crippen molar-refractivity contribution in [2.24, 2.45) is 0 Å². The van der Waals surface area contributed by atoms with Gasteiger partial charge in [-0.2, -0.15) is 5.10 Å². The third-order valence-corrected chi connectivity index (χ3v) is 1.17. The first-order valence-electron chi connectivity index (χ1n) is 2.86. The van der Waals surface area contributed by atoms with Crippen LogP contribution in [0.5, 0.6) is 0 Å². The summed E-state index contributed by atoms with van der Waals surface area (Å²) in [6, 6.07) is 0. The van der Waals surface area contributed by atoms with Crippen LogP contribution in [-0.4, -0.2) is 15.0 Å². The van der Waals surface area contributed by atoms with Gasteiger partial charge in [0.05, 0.1) is 6.20 Å². The molecule has 0 spiro atoms. The van der Waals surface area contributed by atoms with E-state index in [1.165, 1.54) is 4.68 Å². The quantitative estimate of drug-likeness (QED) is 0.668. The van der Waals surface area contributed by atoms with Gasteiger partial charge in [0.25, 0.3) is 0 Å². The third kappa shape index (κ3) is 3.39. The van der Waals surface area contributed by atoms with Gasteiger partial charge < -0.3 is 0 Å². The van der Waals surface area contributed by atoms with E-state index in [0.717, 1.165) is 5.56 Å². The molecule has 0 fully saturated rings. The molecule has 5 heteroatoms. The second kappa shape index (κ2) is 4.36. The van der Waals surface area contributed by atoms with Gasteiger partial charge in [-0.15, -0.1) is 12.4 Å². The van der Waals surface area contributed by atoms with Gasteiger partial charge in [0.2, 0.25) is 5.24 Å². The van der Waals surface area contributed by atoms with Crippen molar-refractivity contribution in [3.8, 4) is 0 Å². The lowest BCUT2D eigenvalue weighted by Gasteiger charge is -1.91. The molecule has 0 unspecified atom stereocenters. The molecule has 0 aromatic carbocycles. The van der Waals surface area contributed by atoms with Gasteiger partial charge in [-0.1, -0.05) is 0 Å². The highest BCUT2D eigenvalue weighted by atomic mass is 35.5. The summed E-state index contributed by atoms with van der Waals surface area (Å²) in [7, 11) is 0. The van der Waals surface area contributed by atoms with Crippen molar-refractivity contribution in [1.29, 1.82) is 0 Å². The average molecular weight is 195 g/mol. The molecule has 3 nitrogen and oxygen atoms in total. The zero-order chi connectivity index (χ0) is 7.56. The van der Waals surface area contributed by atoms with Gasteiger partial charge in [-0.3, -0.25) is 9.48 Å². The minimum Gasteiger partial charge on any atom is -0.279 e. The van der Waals surface area contributed by atoms with Crippen LogP contribution in [0.3, 0.4) is 0 Å². The van der Waals surface area contributed by atoms with E-state index in [9.17, 15) is 4.79 Å². The van der Waals surface area contributed by atoms with E-state index >= 15 is 0 Å². The monoisotopic (exact) mass is 194 g/mol. The summed E-state index contributed by atoms with van der Waals surface area (Å²) in [6.45, 7) is 2.05. The number of aryl methyl sites for hydroxylation is 1. The minimum atomic E-state index is -0.400. The molecule has 0 atom stereocenters. The van der Waals surface area contributed by atoms with Crippen LogP contribution < -0.4 is 0 Å². The molecule has 0 N–H and O–H groups in total. The Morgan fingerprint density at radius 2 is 2.45 bits per heavy atom. The maximum absolute atomic E-state index is 10.3. The maximum atomic E-state index is 10.3. The summed E-state index contributed by atoms with van der Waals surface area (Å²) >= 11 is 5.12. The molecule has 1 heterocycles. The Hall–Kier alpha value is -0.540. The van der Waals surface area contributed by atoms with Crippen molar-refractivity contribution in [1.82, 2.24) is 9.78 Å². The van der Waals surface area contributed by atoms with Gasteiger partial charge in [0, 0.05) is 6.20 Å². The van der Waals surface area contributed by atoms with Crippen LogP contribution in [0.4, 0.5) is 0 Å². The highest BCUT2D eigenvalue weighted by Crippen LogP contribution is 1.94. The number of carbonyl (C=O) groups excluding carboxylic acids is 1. The van der Waals surface area contributed by atoms with E-state index in [1.54, 1.807) is 12.4 Å². The van der Waals surface area contributed by atoms with Crippen molar-refractivity contribution < 1.29 is 4.79 Å². The van der Waals surface area contributed by atoms with Crippen LogP contribution in [-0.2, 0) is 11.3 Å². The summed E-state index contributed by atoms with van der Waals surface area (Å²) in [4.78, 5) is 10.3. The van der Waals surface area contributed by atoms with Gasteiger partial charge in [0.1, 0.15) is 6.54 Å². The fraction of sp³-hybridized carbons (Fsp3) is 0.333. The zero-order valence-corrected chi connectivity index (χ0v) is 7.52. The average Bonchev–Trinajstić information content (AvgIpc) is 2.13. The Balaban J connectivity index is 0.000001000. The molecule has 11 heavy (non-hydrogen) atoms. The molecular weight excluding hydrogens is 187 g/mol. The van der Waals surface area contributed by atoms with Crippen LogP contribution >= 0.6 is 24.0 Å². The number of hydrogen-bond donors (Lipinski definition) is 0. The molecule has 0 saturated heterocycles. The highest BCUT2D eigenvalue weighted by molar-refractivity contribution is 6.63. The number of rotatable bonds is 2. The SMILES string of the molecule is Cc1cnn(CC(=O)Cl)c1.Cl. The zero-order valence-electron chi connectivity index (χ0n) is 5.95. The first-order chi connectivity index (χ1) is 4.68. The van der Waals surface area contributed by atoms with Crippen LogP contribution in [0, 0.1) is 6.92 Å². The predicted molar refractivity (Wildman–Crippen MR) is 45.1 cm³/mol. The first-order valence-corrected chi connectivity index (χ1v) is 3.23. The largest absolute Gasteiger partial charge is 0.279 e. The smallest absolute Gasteiger partial charge is 0.243 e. The third-order valence-electron chi connectivity index (χ3n) is 1.05. The number of halogens is 2. The molecule has 1 rings (SSSR count). The highest BCUT2D eigenvalue weighted by Gasteiger charge is 1.97. The number of aromatic nitrogens is 2. The summed E-state index contributed by atoms with van der Waals surface area (Å²) in [5, 5.41) is 3.47. The van der Waals surface area contributed by atoms with Crippen LogP contribution in [0.2, 0.25) is 0 Å². The molecular formula is C6H8Cl2N2O. The van der Waals surface area contributed by atoms with E-state index in [4.69, 9.17) is 11.6 Å². The molecule has 0 amide bonds. The Labute approximate surface area is 75.8 Å². The molecule has 0 aliphatic heterocycles. The molecule has 1 aromatic heterocycles. The summed E-state index contributed by atoms with van der Waals surface area (Å²) < 4.78 is 1.50. The summed E-state index contributed by atoms with van der Waals surface area (Å²) in [5.41, 5.74) is 1.03. The van der Waals surface area contributed by atoms with Crippen LogP contribution in [0.1, 0.15) is 5.56 Å². The van der Waals surface area contributed by atoms with Gasteiger partial charge in [-0.05, 0) is 24.1 Å². The molecule has 0 aliphatic rings. The molecule has 0 radical (unpaired) electrons. The lowest BCUT2D eigenvalue weighted by atomic mass is 10.4. The fourth-order valence-corrected chi connectivity index (χ4v) is 0.803. The summed E-state index contributed by atoms with van der Waals surface area (Å²) in [6.07, 6.45) is 3.44. The molecule has 0 bridgehead atoms. The van der Waals surface area contributed by atoms with E-state index in [2.05, 4.69) is 5.10 Å². The standard InChI is InChI=1S/C6H7ClN2O.ClH/c1-5-2-8-9(3-5)4-6(7)10;/h2-3H,4H2,1H3;1H. The van der Waals surface area contributed by atoms with Gasteiger partial charge in [0.15, 0.2) is 0 Å². The number of carbonyl (C=O) groups is 1. The van der Waals surface area contributed by atoms with Crippen molar-refractivity contribution in [3.05, 3.63) is 18.0 Å². The number of nitrogens with zero attached hydrogens (tertiary/aromatic N) is 2. The Morgan fingerprint density at radius 1 is 1.82 bits per heavy atom. The van der Waals surface area contributed by atoms with Crippen LogP contribution in [0.25, 0.3) is 0 Å². The predicted octanol–water partition coefficient (Wildman–Crippen LogP) is 1.38. The topological polar surface area (TPSA) is 34.9 Å². The molecule has 0 saturated carbocycles. The van der Waals surface area contributed by atoms with Crippen molar-refractivity contribution in [2.75, 3.05) is 0 Å². The van der Waals surface area contributed by atoms with E-state index in [1.807, 2.05) is 6.92 Å². The van der Waals surface area contributed by atoms with E-state index in [-0.39, 0.29) is 19.0 Å². The van der Waals surface area contributed by atoms with Crippen LogP contribution in [0.15, 0.2) is 12.4 Å². The van der Waals surface area contributed by atoms with Gasteiger partial charge in [-0.25, -0.2) is 0 Å². The molecule has 1 aromatic rings. The Kier molecular flexibility index (Phi) is 4.15. The van der Waals surface area contributed by atoms with E-state index < -0.39 is 5.24 Å². The number of hydrogen-bond acceptors (Lipinski definition) is 2. The fourth-order valence-electron chi connectivity index (χ4n) is 0.681. The Bertz CT molecular complexity index is 246. The minimum absolute atomic E-state index is 0. The van der Waals surface area contributed by atoms with Crippen molar-refractivity contribution >= 4 is 29.3 Å². The molecule has 0 aliphatic carbocycles. The van der Waals surface area contributed by atoms with Crippen molar-refractivity contribution in [2.45, 2.75) is 13.5 Å². The first kappa shape index (κ1) is 10.5. The normalized spacial score (nSPS) is 8.91. The van der Waals surface area contributed by atoms with Crippen molar-refractivity contribution in [3.63, 3.8) is 0 Å². The maximum Gasteiger partial charge on any atom is 0.243 e. The lowest BCUT2D eigenvalue weighted by molar-refractivity contribution is -0.112. The second-order valence-corrected chi connectivity index (χ2v) is 2.49. The molecule has 62 valence electrons. The second-order valence-electron chi connectivity index (χ2n) is 2.07. The Morgan fingerprint density at radius 3 is 2.82 bits per heavy atom. The summed E-state index contributed by atoms with van der Waals surface area (Å²) in [5.74, 6) is 0. The van der Waals surface area contributed by atoms with Gasteiger partial charge >= 0.3 is 0 Å².